The second kappa shape index (κ2) is 4.40. The standard InChI is InChI=1S/C8H8BrF2N/c9-7-2-1-6(5-8(7)11)12-4-3-10/h1-2,5,12H,3-4H2. The quantitative estimate of drug-likeness (QED) is 0.850. The fraction of sp³-hybridized carbons (Fsp3) is 0.250. The van der Waals surface area contributed by atoms with Crippen LogP contribution in [0.2, 0.25) is 0 Å². The van der Waals surface area contributed by atoms with E-state index in [1.807, 2.05) is 0 Å². The number of benzene rings is 1. The first-order valence-corrected chi connectivity index (χ1v) is 4.28. The molecule has 1 aromatic carbocycles. The van der Waals surface area contributed by atoms with Crippen molar-refractivity contribution in [3.05, 3.63) is 28.5 Å². The Labute approximate surface area is 77.9 Å². The predicted octanol–water partition coefficient (Wildman–Crippen LogP) is 2.97. The second-order valence-corrected chi connectivity index (χ2v) is 3.10. The number of anilines is 1. The molecular formula is C8H8BrF2N. The SMILES string of the molecule is FCCNc1ccc(Br)c(F)c1. The Hall–Kier alpha value is -0.640. The van der Waals surface area contributed by atoms with Gasteiger partial charge < -0.3 is 5.32 Å². The van der Waals surface area contributed by atoms with Crippen LogP contribution in [0.4, 0.5) is 14.5 Å². The van der Waals surface area contributed by atoms with E-state index in [0.29, 0.717) is 10.2 Å². The van der Waals surface area contributed by atoms with Crippen LogP contribution in [0.5, 0.6) is 0 Å². The Morgan fingerprint density at radius 2 is 2.17 bits per heavy atom. The van der Waals surface area contributed by atoms with E-state index in [0.717, 1.165) is 0 Å². The average Bonchev–Trinajstić information content (AvgIpc) is 2.07. The zero-order valence-corrected chi connectivity index (χ0v) is 7.87. The van der Waals surface area contributed by atoms with E-state index in [2.05, 4.69) is 21.2 Å². The summed E-state index contributed by atoms with van der Waals surface area (Å²) in [4.78, 5) is 0. The molecule has 4 heteroatoms. The maximum atomic E-state index is 12.8. The van der Waals surface area contributed by atoms with Crippen LogP contribution in [0.25, 0.3) is 0 Å². The van der Waals surface area contributed by atoms with Gasteiger partial charge in [0.05, 0.1) is 4.47 Å². The Kier molecular flexibility index (Phi) is 3.47. The minimum absolute atomic E-state index is 0.209. The van der Waals surface area contributed by atoms with E-state index in [1.165, 1.54) is 6.07 Å². The maximum absolute atomic E-state index is 12.8. The fourth-order valence-electron chi connectivity index (χ4n) is 0.798. The Morgan fingerprint density at radius 3 is 2.75 bits per heavy atom. The summed E-state index contributed by atoms with van der Waals surface area (Å²) in [5.41, 5.74) is 0.591. The van der Waals surface area contributed by atoms with E-state index >= 15 is 0 Å². The Morgan fingerprint density at radius 1 is 1.42 bits per heavy atom. The lowest BCUT2D eigenvalue weighted by atomic mass is 10.3. The summed E-state index contributed by atoms with van der Waals surface area (Å²) in [7, 11) is 0. The van der Waals surface area contributed by atoms with Crippen LogP contribution in [-0.4, -0.2) is 13.2 Å². The molecule has 0 aromatic heterocycles. The lowest BCUT2D eigenvalue weighted by Gasteiger charge is -2.03. The molecule has 0 radical (unpaired) electrons. The molecule has 0 saturated carbocycles. The lowest BCUT2D eigenvalue weighted by Crippen LogP contribution is -2.02. The number of hydrogen-bond acceptors (Lipinski definition) is 1. The van der Waals surface area contributed by atoms with Gasteiger partial charge >= 0.3 is 0 Å². The monoisotopic (exact) mass is 235 g/mol. The van der Waals surface area contributed by atoms with Crippen LogP contribution in [0, 0.1) is 5.82 Å². The third kappa shape index (κ3) is 2.44. The minimum atomic E-state index is -0.461. The Balaban J connectivity index is 2.69. The van der Waals surface area contributed by atoms with Gasteiger partial charge in [-0.1, -0.05) is 0 Å². The molecule has 0 unspecified atom stereocenters. The van der Waals surface area contributed by atoms with Gasteiger partial charge in [-0.25, -0.2) is 8.78 Å². The maximum Gasteiger partial charge on any atom is 0.139 e. The molecule has 0 heterocycles. The van der Waals surface area contributed by atoms with E-state index < -0.39 is 6.67 Å². The summed E-state index contributed by atoms with van der Waals surface area (Å²) >= 11 is 3.02. The number of nitrogens with one attached hydrogen (secondary N) is 1. The molecule has 66 valence electrons. The molecule has 0 atom stereocenters. The number of rotatable bonds is 3. The predicted molar refractivity (Wildman–Crippen MR) is 48.6 cm³/mol. The number of hydrogen-bond donors (Lipinski definition) is 1. The van der Waals surface area contributed by atoms with E-state index in [9.17, 15) is 8.78 Å². The average molecular weight is 236 g/mol. The van der Waals surface area contributed by atoms with Crippen LogP contribution >= 0.6 is 15.9 Å². The smallest absolute Gasteiger partial charge is 0.139 e. The second-order valence-electron chi connectivity index (χ2n) is 2.24. The first kappa shape index (κ1) is 9.45. The molecule has 0 saturated heterocycles. The summed E-state index contributed by atoms with van der Waals surface area (Å²) in [5.74, 6) is -0.348. The van der Waals surface area contributed by atoms with Crippen molar-refractivity contribution in [1.29, 1.82) is 0 Å². The summed E-state index contributed by atoms with van der Waals surface area (Å²) in [6.45, 7) is -0.251. The summed E-state index contributed by atoms with van der Waals surface area (Å²) in [6.07, 6.45) is 0. The van der Waals surface area contributed by atoms with Gasteiger partial charge in [-0.2, -0.15) is 0 Å². The van der Waals surface area contributed by atoms with Crippen LogP contribution < -0.4 is 5.32 Å². The summed E-state index contributed by atoms with van der Waals surface area (Å²) in [6, 6.07) is 4.58. The van der Waals surface area contributed by atoms with Gasteiger partial charge in [-0.05, 0) is 34.1 Å². The molecule has 0 aliphatic rings. The molecule has 0 spiro atoms. The first-order chi connectivity index (χ1) is 5.74. The number of alkyl halides is 1. The molecule has 0 bridgehead atoms. The number of halogens is 3. The lowest BCUT2D eigenvalue weighted by molar-refractivity contribution is 0.512. The third-order valence-electron chi connectivity index (χ3n) is 1.34. The highest BCUT2D eigenvalue weighted by molar-refractivity contribution is 9.10. The molecule has 1 aromatic rings. The highest BCUT2D eigenvalue weighted by Crippen LogP contribution is 2.18. The molecule has 1 rings (SSSR count). The molecular weight excluding hydrogens is 228 g/mol. The summed E-state index contributed by atoms with van der Waals surface area (Å²) < 4.78 is 24.9. The van der Waals surface area contributed by atoms with Gasteiger partial charge in [-0.15, -0.1) is 0 Å². The zero-order chi connectivity index (χ0) is 8.97. The molecule has 1 N–H and O–H groups in total. The van der Waals surface area contributed by atoms with Gasteiger partial charge in [0.2, 0.25) is 0 Å². The van der Waals surface area contributed by atoms with Gasteiger partial charge in [-0.3, -0.25) is 0 Å². The first-order valence-electron chi connectivity index (χ1n) is 3.49. The van der Waals surface area contributed by atoms with Crippen molar-refractivity contribution in [2.45, 2.75) is 0 Å². The van der Waals surface area contributed by atoms with Crippen molar-refractivity contribution >= 4 is 21.6 Å². The van der Waals surface area contributed by atoms with Crippen molar-refractivity contribution in [2.24, 2.45) is 0 Å². The van der Waals surface area contributed by atoms with Crippen molar-refractivity contribution in [2.75, 3.05) is 18.5 Å². The fourth-order valence-corrected chi connectivity index (χ4v) is 1.04. The molecule has 1 nitrogen and oxygen atoms in total. The third-order valence-corrected chi connectivity index (χ3v) is 1.99. The van der Waals surface area contributed by atoms with Crippen molar-refractivity contribution in [3.63, 3.8) is 0 Å². The normalized spacial score (nSPS) is 9.92. The van der Waals surface area contributed by atoms with E-state index in [4.69, 9.17) is 0 Å². The van der Waals surface area contributed by atoms with Crippen molar-refractivity contribution in [3.8, 4) is 0 Å². The van der Waals surface area contributed by atoms with Gasteiger partial charge in [0.1, 0.15) is 12.5 Å². The van der Waals surface area contributed by atoms with Crippen molar-refractivity contribution in [1.82, 2.24) is 0 Å². The van der Waals surface area contributed by atoms with Gasteiger partial charge in [0, 0.05) is 12.2 Å². The molecule has 12 heavy (non-hydrogen) atoms. The Bertz CT molecular complexity index is 265. The van der Waals surface area contributed by atoms with Gasteiger partial charge in [0.15, 0.2) is 0 Å². The van der Waals surface area contributed by atoms with Gasteiger partial charge in [0.25, 0.3) is 0 Å². The largest absolute Gasteiger partial charge is 0.382 e. The highest BCUT2D eigenvalue weighted by atomic mass is 79.9. The minimum Gasteiger partial charge on any atom is -0.382 e. The molecule has 0 aliphatic heterocycles. The molecule has 0 aliphatic carbocycles. The van der Waals surface area contributed by atoms with Crippen LogP contribution in [0.1, 0.15) is 0 Å². The molecule has 0 amide bonds. The van der Waals surface area contributed by atoms with Crippen LogP contribution in [0.15, 0.2) is 22.7 Å². The van der Waals surface area contributed by atoms with Crippen molar-refractivity contribution < 1.29 is 8.78 Å². The van der Waals surface area contributed by atoms with E-state index in [1.54, 1.807) is 12.1 Å². The zero-order valence-electron chi connectivity index (χ0n) is 6.28. The van der Waals surface area contributed by atoms with Crippen LogP contribution in [-0.2, 0) is 0 Å². The van der Waals surface area contributed by atoms with Crippen LogP contribution in [0.3, 0.4) is 0 Å². The summed E-state index contributed by atoms with van der Waals surface area (Å²) in [5, 5.41) is 2.73. The molecule has 0 fully saturated rings. The topological polar surface area (TPSA) is 12.0 Å². The van der Waals surface area contributed by atoms with E-state index in [-0.39, 0.29) is 12.4 Å². The highest BCUT2D eigenvalue weighted by Gasteiger charge is 1.98.